The Morgan fingerprint density at radius 2 is 1.44 bits per heavy atom. The number of benzene rings is 3. The lowest BCUT2D eigenvalue weighted by atomic mass is 9.87. The van der Waals surface area contributed by atoms with Crippen molar-refractivity contribution in [2.75, 3.05) is 46.5 Å². The van der Waals surface area contributed by atoms with Crippen LogP contribution in [0.25, 0.3) is 11.1 Å². The van der Waals surface area contributed by atoms with Crippen LogP contribution in [0.4, 0.5) is 5.69 Å². The number of ether oxygens (including phenoxy) is 3. The van der Waals surface area contributed by atoms with Crippen LogP contribution in [0.5, 0.6) is 11.5 Å². The average Bonchev–Trinajstić information content (AvgIpc) is 2.87. The Kier molecular flexibility index (Phi) is 10.1. The summed E-state index contributed by atoms with van der Waals surface area (Å²) < 4.78 is 16.3. The van der Waals surface area contributed by atoms with Gasteiger partial charge in [0.05, 0.1) is 5.57 Å². The lowest BCUT2D eigenvalue weighted by molar-refractivity contribution is -0.111. The van der Waals surface area contributed by atoms with E-state index < -0.39 is 0 Å². The number of hydrogen-bond acceptors (Lipinski definition) is 5. The number of likely N-dealkylation sites (N-methyl/N-ethyl adjacent to an activating group) is 1. The van der Waals surface area contributed by atoms with Crippen LogP contribution in [0.1, 0.15) is 25.0 Å². The lowest BCUT2D eigenvalue weighted by Gasteiger charge is -2.20. The third-order valence-corrected chi connectivity index (χ3v) is 5.56. The number of methoxy groups -OCH3 is 1. The van der Waals surface area contributed by atoms with Gasteiger partial charge in [-0.25, -0.2) is 0 Å². The first-order chi connectivity index (χ1) is 17.4. The predicted octanol–water partition coefficient (Wildman–Crippen LogP) is 5.82. The molecule has 36 heavy (non-hydrogen) atoms. The van der Waals surface area contributed by atoms with Gasteiger partial charge in [-0.1, -0.05) is 56.3 Å². The third-order valence-electron chi connectivity index (χ3n) is 5.56. The van der Waals surface area contributed by atoms with Gasteiger partial charge in [-0.2, -0.15) is 0 Å². The molecule has 0 aliphatic rings. The zero-order chi connectivity index (χ0) is 25.9. The summed E-state index contributed by atoms with van der Waals surface area (Å²) >= 11 is 0. The number of hydrogen-bond donors (Lipinski definition) is 1. The van der Waals surface area contributed by atoms with Crippen LogP contribution in [-0.2, 0) is 9.53 Å². The Hall–Kier alpha value is -3.61. The average molecular weight is 489 g/mol. The van der Waals surface area contributed by atoms with Crippen molar-refractivity contribution in [3.63, 3.8) is 0 Å². The van der Waals surface area contributed by atoms with Crippen LogP contribution in [0.3, 0.4) is 0 Å². The molecule has 0 fully saturated rings. The Balaban J connectivity index is 1.93. The first-order valence-electron chi connectivity index (χ1n) is 12.1. The number of carbonyl (C=O) groups excluding carboxylic acids is 1. The Morgan fingerprint density at radius 1 is 0.833 bits per heavy atom. The molecule has 0 bridgehead atoms. The monoisotopic (exact) mass is 488 g/mol. The molecule has 0 heterocycles. The normalized spacial score (nSPS) is 11.9. The molecule has 0 aliphatic carbocycles. The van der Waals surface area contributed by atoms with Gasteiger partial charge in [-0.3, -0.25) is 4.79 Å². The largest absolute Gasteiger partial charge is 0.492 e. The van der Waals surface area contributed by atoms with E-state index in [-0.39, 0.29) is 18.6 Å². The van der Waals surface area contributed by atoms with Gasteiger partial charge in [0.1, 0.15) is 18.1 Å². The minimum atomic E-state index is -0.172. The summed E-state index contributed by atoms with van der Waals surface area (Å²) in [6.07, 6.45) is 0. The van der Waals surface area contributed by atoms with Crippen molar-refractivity contribution < 1.29 is 19.0 Å². The van der Waals surface area contributed by atoms with Gasteiger partial charge < -0.3 is 24.4 Å². The second-order valence-corrected chi connectivity index (χ2v) is 9.01. The van der Waals surface area contributed by atoms with Gasteiger partial charge in [-0.05, 0) is 73.1 Å². The number of nitrogens with one attached hydrogen (secondary N) is 1. The Bertz CT molecular complexity index is 1120. The Labute approximate surface area is 214 Å². The summed E-state index contributed by atoms with van der Waals surface area (Å²) in [6, 6.07) is 25.0. The number of amides is 1. The van der Waals surface area contributed by atoms with Gasteiger partial charge in [0.25, 0.3) is 5.91 Å². The molecule has 0 aliphatic heterocycles. The maximum absolute atomic E-state index is 13.8. The van der Waals surface area contributed by atoms with E-state index in [2.05, 4.69) is 24.1 Å². The fourth-order valence-electron chi connectivity index (χ4n) is 3.81. The molecule has 3 aromatic carbocycles. The molecule has 1 N–H and O–H groups in total. The zero-order valence-corrected chi connectivity index (χ0v) is 21.8. The van der Waals surface area contributed by atoms with Crippen molar-refractivity contribution in [1.82, 2.24) is 4.90 Å². The molecule has 0 radical (unpaired) electrons. The van der Waals surface area contributed by atoms with Crippen molar-refractivity contribution in [3.05, 3.63) is 90.0 Å². The maximum Gasteiger partial charge on any atom is 0.256 e. The topological polar surface area (TPSA) is 60.0 Å². The molecular weight excluding hydrogens is 452 g/mol. The van der Waals surface area contributed by atoms with Crippen molar-refractivity contribution in [3.8, 4) is 11.5 Å². The summed E-state index contributed by atoms with van der Waals surface area (Å²) in [5, 5.41) is 3.08. The molecule has 0 saturated carbocycles. The number of allylic oxidation sites excluding steroid dienone is 1. The molecule has 6 nitrogen and oxygen atoms in total. The summed E-state index contributed by atoms with van der Waals surface area (Å²) in [6.45, 7) is 5.81. The van der Waals surface area contributed by atoms with E-state index in [4.69, 9.17) is 14.2 Å². The molecule has 0 aromatic heterocycles. The van der Waals surface area contributed by atoms with Gasteiger partial charge in [0.15, 0.2) is 6.79 Å². The van der Waals surface area contributed by atoms with Crippen molar-refractivity contribution in [2.45, 2.75) is 13.8 Å². The fourth-order valence-corrected chi connectivity index (χ4v) is 3.81. The first-order valence-corrected chi connectivity index (χ1v) is 12.1. The van der Waals surface area contributed by atoms with E-state index in [0.717, 1.165) is 29.0 Å². The van der Waals surface area contributed by atoms with Crippen molar-refractivity contribution in [1.29, 1.82) is 0 Å². The van der Waals surface area contributed by atoms with Crippen LogP contribution < -0.4 is 14.8 Å². The highest BCUT2D eigenvalue weighted by Crippen LogP contribution is 2.34. The molecular formula is C30H36N2O4. The molecule has 6 heteroatoms. The van der Waals surface area contributed by atoms with Crippen LogP contribution in [0.15, 0.2) is 78.9 Å². The minimum Gasteiger partial charge on any atom is -0.492 e. The van der Waals surface area contributed by atoms with Gasteiger partial charge in [-0.15, -0.1) is 0 Å². The van der Waals surface area contributed by atoms with Crippen LogP contribution >= 0.6 is 0 Å². The molecule has 0 spiro atoms. The third kappa shape index (κ3) is 7.70. The van der Waals surface area contributed by atoms with E-state index in [1.165, 1.54) is 0 Å². The van der Waals surface area contributed by atoms with E-state index >= 15 is 0 Å². The summed E-state index contributed by atoms with van der Waals surface area (Å²) in [5.74, 6) is 1.39. The van der Waals surface area contributed by atoms with E-state index in [0.29, 0.717) is 23.6 Å². The minimum absolute atomic E-state index is 0.116. The molecule has 3 rings (SSSR count). The second-order valence-electron chi connectivity index (χ2n) is 9.01. The fraction of sp³-hybridized carbons (Fsp3) is 0.300. The van der Waals surface area contributed by atoms with Gasteiger partial charge in [0.2, 0.25) is 0 Å². The first kappa shape index (κ1) is 27.0. The highest BCUT2D eigenvalue weighted by Gasteiger charge is 2.21. The molecule has 1 amide bonds. The van der Waals surface area contributed by atoms with E-state index in [1.54, 1.807) is 7.11 Å². The Morgan fingerprint density at radius 3 is 2.03 bits per heavy atom. The van der Waals surface area contributed by atoms with Crippen molar-refractivity contribution >= 4 is 22.7 Å². The number of carbonyl (C=O) groups is 1. The number of anilines is 1. The number of nitrogens with zero attached hydrogens (tertiary/aromatic N) is 1. The molecule has 0 saturated heterocycles. The van der Waals surface area contributed by atoms with Crippen LogP contribution in [0.2, 0.25) is 0 Å². The molecule has 190 valence electrons. The smallest absolute Gasteiger partial charge is 0.256 e. The highest BCUT2D eigenvalue weighted by molar-refractivity contribution is 6.31. The lowest BCUT2D eigenvalue weighted by Crippen LogP contribution is -2.19. The van der Waals surface area contributed by atoms with Crippen LogP contribution in [-0.4, -0.2) is 52.0 Å². The van der Waals surface area contributed by atoms with Gasteiger partial charge in [0, 0.05) is 19.3 Å². The maximum atomic E-state index is 13.8. The quantitative estimate of drug-likeness (QED) is 0.198. The standard InChI is InChI=1S/C30H36N2O4/c1-22(2)28(23-9-7-6-8-10-23)29(24-11-15-27(16-12-24)36-21-34-5)30(33)31-25-13-17-26(18-14-25)35-20-19-32(3)4/h6-18,22H,19-21H2,1-5H3,(H,31,33)/b29-28-. The summed E-state index contributed by atoms with van der Waals surface area (Å²) in [7, 11) is 5.60. The predicted molar refractivity (Wildman–Crippen MR) is 146 cm³/mol. The molecule has 0 atom stereocenters. The summed E-state index contributed by atoms with van der Waals surface area (Å²) in [4.78, 5) is 15.8. The summed E-state index contributed by atoms with van der Waals surface area (Å²) in [5.41, 5.74) is 4.13. The van der Waals surface area contributed by atoms with E-state index in [9.17, 15) is 4.79 Å². The number of rotatable bonds is 12. The zero-order valence-electron chi connectivity index (χ0n) is 21.8. The van der Waals surface area contributed by atoms with Crippen molar-refractivity contribution in [2.24, 2.45) is 5.92 Å². The highest BCUT2D eigenvalue weighted by atomic mass is 16.7. The SMILES string of the molecule is COCOc1ccc(/C(C(=O)Nc2ccc(OCCN(C)C)cc2)=C(/c2ccccc2)C(C)C)cc1. The molecule has 3 aromatic rings. The van der Waals surface area contributed by atoms with Gasteiger partial charge >= 0.3 is 0 Å². The molecule has 0 unspecified atom stereocenters. The van der Waals surface area contributed by atoms with Crippen LogP contribution in [0, 0.1) is 5.92 Å². The van der Waals surface area contributed by atoms with E-state index in [1.807, 2.05) is 93.0 Å². The second kappa shape index (κ2) is 13.5.